The van der Waals surface area contributed by atoms with Gasteiger partial charge in [0.2, 0.25) is 15.9 Å². The van der Waals surface area contributed by atoms with E-state index in [-0.39, 0.29) is 18.9 Å². The molecule has 0 unspecified atom stereocenters. The summed E-state index contributed by atoms with van der Waals surface area (Å²) < 4.78 is 25.8. The van der Waals surface area contributed by atoms with Crippen LogP contribution < -0.4 is 4.90 Å². The minimum absolute atomic E-state index is 0.00711. The molecule has 0 saturated heterocycles. The zero-order valence-electron chi connectivity index (χ0n) is 16.2. The molecule has 0 saturated carbocycles. The molecule has 0 N–H and O–H groups in total. The van der Waals surface area contributed by atoms with Gasteiger partial charge < -0.3 is 4.90 Å². The van der Waals surface area contributed by atoms with Gasteiger partial charge in [-0.15, -0.1) is 0 Å². The summed E-state index contributed by atoms with van der Waals surface area (Å²) in [5.41, 5.74) is 3.53. The fourth-order valence-corrected chi connectivity index (χ4v) is 4.84. The molecule has 1 aliphatic carbocycles. The third kappa shape index (κ3) is 5.42. The summed E-state index contributed by atoms with van der Waals surface area (Å²) in [5, 5.41) is 0. The molecule has 0 fully saturated rings. The van der Waals surface area contributed by atoms with Crippen molar-refractivity contribution in [3.05, 3.63) is 41.5 Å². The molecule has 0 atom stereocenters. The molecule has 2 aliphatic rings. The van der Waals surface area contributed by atoms with E-state index in [1.54, 1.807) is 0 Å². The van der Waals surface area contributed by atoms with Gasteiger partial charge in [-0.25, -0.2) is 12.7 Å². The number of aryl methyl sites for hydroxylation is 1. The lowest BCUT2D eigenvalue weighted by Gasteiger charge is -2.30. The fraction of sp³-hybridized carbons (Fsp3) is 0.571. The van der Waals surface area contributed by atoms with Crippen molar-refractivity contribution >= 4 is 21.6 Å². The van der Waals surface area contributed by atoms with Gasteiger partial charge in [0.05, 0.1) is 6.26 Å². The monoisotopic (exact) mass is 390 g/mol. The molecule has 148 valence electrons. The number of hydrogen-bond donors (Lipinski definition) is 0. The number of nitrogens with zero attached hydrogens (tertiary/aromatic N) is 2. The predicted octanol–water partition coefficient (Wildman–Crippen LogP) is 3.51. The third-order valence-corrected chi connectivity index (χ3v) is 6.83. The standard InChI is InChI=1S/C21H30N2O3S/c1-27(25,26)22(16-13-18-8-3-2-4-9-18)17-14-21(24)23-15-7-11-19-10-5-6-12-20(19)23/h5-6,8,10,12H,2-4,7,9,11,13-17H2,1H3. The summed E-state index contributed by atoms with van der Waals surface area (Å²) in [5.74, 6) is 0.00711. The lowest BCUT2D eigenvalue weighted by Crippen LogP contribution is -2.39. The Bertz CT molecular complexity index is 801. The number of amides is 1. The molecule has 0 radical (unpaired) electrons. The number of carbonyl (C=O) groups excluding carboxylic acids is 1. The zero-order valence-corrected chi connectivity index (χ0v) is 17.0. The zero-order chi connectivity index (χ0) is 19.3. The van der Waals surface area contributed by atoms with E-state index in [0.717, 1.165) is 37.8 Å². The number of fused-ring (bicyclic) bond motifs is 1. The lowest BCUT2D eigenvalue weighted by atomic mass is 9.97. The highest BCUT2D eigenvalue weighted by atomic mass is 32.2. The smallest absolute Gasteiger partial charge is 0.228 e. The molecule has 0 bridgehead atoms. The summed E-state index contributed by atoms with van der Waals surface area (Å²) in [7, 11) is -3.32. The summed E-state index contributed by atoms with van der Waals surface area (Å²) in [6.07, 6.45) is 11.0. The number of carbonyl (C=O) groups is 1. The van der Waals surface area contributed by atoms with E-state index < -0.39 is 10.0 Å². The van der Waals surface area contributed by atoms with E-state index >= 15 is 0 Å². The molecule has 1 aromatic rings. The van der Waals surface area contributed by atoms with Crippen LogP contribution in [-0.2, 0) is 21.2 Å². The highest BCUT2D eigenvalue weighted by molar-refractivity contribution is 7.88. The van der Waals surface area contributed by atoms with E-state index in [1.807, 2.05) is 23.1 Å². The first kappa shape index (κ1) is 20.1. The molecule has 1 amide bonds. The van der Waals surface area contributed by atoms with E-state index in [2.05, 4.69) is 12.1 Å². The third-order valence-electron chi connectivity index (χ3n) is 5.52. The van der Waals surface area contributed by atoms with Crippen molar-refractivity contribution in [2.24, 2.45) is 0 Å². The van der Waals surface area contributed by atoms with Gasteiger partial charge in [0.15, 0.2) is 0 Å². The lowest BCUT2D eigenvalue weighted by molar-refractivity contribution is -0.118. The van der Waals surface area contributed by atoms with Gasteiger partial charge in [-0.05, 0) is 56.6 Å². The first-order chi connectivity index (χ1) is 12.9. The van der Waals surface area contributed by atoms with Crippen LogP contribution in [0.3, 0.4) is 0 Å². The Morgan fingerprint density at radius 2 is 1.93 bits per heavy atom. The number of allylic oxidation sites excluding steroid dienone is 1. The van der Waals surface area contributed by atoms with Crippen LogP contribution in [0, 0.1) is 0 Å². The molecule has 1 aromatic carbocycles. The summed E-state index contributed by atoms with van der Waals surface area (Å²) >= 11 is 0. The number of para-hydroxylation sites is 1. The molecular formula is C21H30N2O3S. The maximum Gasteiger partial charge on any atom is 0.228 e. The predicted molar refractivity (Wildman–Crippen MR) is 109 cm³/mol. The number of sulfonamides is 1. The Kier molecular flexibility index (Phi) is 6.71. The quantitative estimate of drug-likeness (QED) is 0.670. The van der Waals surface area contributed by atoms with Crippen LogP contribution >= 0.6 is 0 Å². The molecule has 1 aliphatic heterocycles. The highest BCUT2D eigenvalue weighted by Crippen LogP contribution is 2.27. The number of rotatable bonds is 7. The maximum absolute atomic E-state index is 12.8. The van der Waals surface area contributed by atoms with E-state index in [1.165, 1.54) is 34.5 Å². The van der Waals surface area contributed by atoms with E-state index in [9.17, 15) is 13.2 Å². The number of hydrogen-bond acceptors (Lipinski definition) is 3. The molecule has 0 spiro atoms. The number of anilines is 1. The average Bonchev–Trinajstić information content (AvgIpc) is 2.67. The minimum Gasteiger partial charge on any atom is -0.312 e. The first-order valence-electron chi connectivity index (χ1n) is 9.96. The van der Waals surface area contributed by atoms with Crippen LogP contribution in [0.25, 0.3) is 0 Å². The molecule has 5 nitrogen and oxygen atoms in total. The van der Waals surface area contributed by atoms with Crippen molar-refractivity contribution in [2.45, 2.75) is 51.4 Å². The van der Waals surface area contributed by atoms with Crippen LogP contribution in [0.5, 0.6) is 0 Å². The first-order valence-corrected chi connectivity index (χ1v) is 11.8. The number of benzene rings is 1. The molecule has 3 rings (SSSR count). The molecular weight excluding hydrogens is 360 g/mol. The van der Waals surface area contributed by atoms with E-state index in [4.69, 9.17) is 0 Å². The van der Waals surface area contributed by atoms with Crippen molar-refractivity contribution in [3.63, 3.8) is 0 Å². The van der Waals surface area contributed by atoms with Crippen LogP contribution in [0.4, 0.5) is 5.69 Å². The minimum atomic E-state index is -3.32. The Labute approximate surface area is 163 Å². The van der Waals surface area contributed by atoms with Crippen molar-refractivity contribution in [2.75, 3.05) is 30.8 Å². The van der Waals surface area contributed by atoms with Gasteiger partial charge in [0, 0.05) is 31.7 Å². The second-order valence-electron chi connectivity index (χ2n) is 7.55. The second kappa shape index (κ2) is 9.02. The highest BCUT2D eigenvalue weighted by Gasteiger charge is 2.24. The summed E-state index contributed by atoms with van der Waals surface area (Å²) in [6, 6.07) is 8.00. The summed E-state index contributed by atoms with van der Waals surface area (Å²) in [6.45, 7) is 1.43. The maximum atomic E-state index is 12.8. The SMILES string of the molecule is CS(=O)(=O)N(CCC(=O)N1CCCc2ccccc21)CCC1=CCCCC1. The van der Waals surface area contributed by atoms with Crippen LogP contribution in [0.1, 0.15) is 50.5 Å². The normalized spacial score (nSPS) is 17.6. The van der Waals surface area contributed by atoms with Crippen LogP contribution in [-0.4, -0.2) is 44.5 Å². The van der Waals surface area contributed by atoms with Gasteiger partial charge in [-0.3, -0.25) is 4.79 Å². The van der Waals surface area contributed by atoms with Gasteiger partial charge in [0.1, 0.15) is 0 Å². The van der Waals surface area contributed by atoms with E-state index in [0.29, 0.717) is 13.1 Å². The van der Waals surface area contributed by atoms with Crippen molar-refractivity contribution in [1.82, 2.24) is 4.31 Å². The van der Waals surface area contributed by atoms with Gasteiger partial charge >= 0.3 is 0 Å². The van der Waals surface area contributed by atoms with Gasteiger partial charge in [-0.2, -0.15) is 0 Å². The second-order valence-corrected chi connectivity index (χ2v) is 9.53. The largest absolute Gasteiger partial charge is 0.312 e. The average molecular weight is 391 g/mol. The Morgan fingerprint density at radius 3 is 2.67 bits per heavy atom. The van der Waals surface area contributed by atoms with Gasteiger partial charge in [0.25, 0.3) is 0 Å². The Balaban J connectivity index is 1.60. The van der Waals surface area contributed by atoms with Crippen molar-refractivity contribution in [1.29, 1.82) is 0 Å². The Hall–Kier alpha value is -1.66. The van der Waals surface area contributed by atoms with Crippen LogP contribution in [0.2, 0.25) is 0 Å². The Morgan fingerprint density at radius 1 is 1.11 bits per heavy atom. The molecule has 1 heterocycles. The summed E-state index contributed by atoms with van der Waals surface area (Å²) in [4.78, 5) is 14.6. The molecule has 27 heavy (non-hydrogen) atoms. The van der Waals surface area contributed by atoms with Crippen molar-refractivity contribution in [3.8, 4) is 0 Å². The van der Waals surface area contributed by atoms with Gasteiger partial charge in [-0.1, -0.05) is 29.8 Å². The molecule has 6 heteroatoms. The topological polar surface area (TPSA) is 57.7 Å². The van der Waals surface area contributed by atoms with Crippen LogP contribution in [0.15, 0.2) is 35.9 Å². The molecule has 0 aromatic heterocycles. The van der Waals surface area contributed by atoms with Crippen molar-refractivity contribution < 1.29 is 13.2 Å². The fourth-order valence-electron chi connectivity index (χ4n) is 3.99.